The lowest BCUT2D eigenvalue weighted by Gasteiger charge is -2.14. The molecular weight excluding hydrogens is 535 g/mol. The fourth-order valence-corrected chi connectivity index (χ4v) is 3.17. The van der Waals surface area contributed by atoms with Gasteiger partial charge < -0.3 is 9.47 Å². The number of benzene rings is 2. The maximum atomic E-state index is 10.7. The van der Waals surface area contributed by atoms with Crippen molar-refractivity contribution in [3.63, 3.8) is 0 Å². The molecule has 0 aliphatic heterocycles. The highest BCUT2D eigenvalue weighted by Crippen LogP contribution is 2.37. The predicted molar refractivity (Wildman–Crippen MR) is 128 cm³/mol. The van der Waals surface area contributed by atoms with E-state index in [1.807, 2.05) is 31.2 Å². The van der Waals surface area contributed by atoms with Crippen LogP contribution in [-0.2, 0) is 6.61 Å². The van der Waals surface area contributed by atoms with Gasteiger partial charge in [-0.05, 0) is 71.0 Å². The van der Waals surface area contributed by atoms with E-state index in [1.165, 1.54) is 12.1 Å². The molecule has 0 aliphatic rings. The Morgan fingerprint density at radius 2 is 2.00 bits per heavy atom. The molecule has 3 rings (SSSR count). The van der Waals surface area contributed by atoms with Gasteiger partial charge in [0.1, 0.15) is 18.6 Å². The number of nitro groups is 1. The van der Waals surface area contributed by atoms with E-state index in [2.05, 4.69) is 38.1 Å². The van der Waals surface area contributed by atoms with E-state index in [9.17, 15) is 10.1 Å². The number of halogens is 2. The molecule has 0 unspecified atom stereocenters. The minimum atomic E-state index is -0.514. The van der Waals surface area contributed by atoms with Gasteiger partial charge in [-0.1, -0.05) is 23.7 Å². The number of hydrogen-bond donors (Lipinski definition) is 1. The molecule has 0 fully saturated rings. The highest BCUT2D eigenvalue weighted by molar-refractivity contribution is 14.1. The molecule has 0 saturated carbocycles. The summed E-state index contributed by atoms with van der Waals surface area (Å²) in [7, 11) is 0. The number of anilines is 1. The number of nitrogens with zero attached hydrogens (tertiary/aromatic N) is 3. The Labute approximate surface area is 197 Å². The number of ether oxygens (including phenoxy) is 2. The fraction of sp³-hybridized carbons (Fsp3) is 0.143. The summed E-state index contributed by atoms with van der Waals surface area (Å²) < 4.78 is 12.8. The van der Waals surface area contributed by atoms with Crippen molar-refractivity contribution in [3.8, 4) is 11.5 Å². The second-order valence-corrected chi connectivity index (χ2v) is 7.86. The second-order valence-electron chi connectivity index (χ2n) is 6.21. The van der Waals surface area contributed by atoms with Crippen molar-refractivity contribution in [2.45, 2.75) is 13.5 Å². The van der Waals surface area contributed by atoms with Crippen molar-refractivity contribution in [2.24, 2.45) is 5.10 Å². The van der Waals surface area contributed by atoms with Crippen LogP contribution in [0.3, 0.4) is 0 Å². The number of hydrogen-bond acceptors (Lipinski definition) is 7. The summed E-state index contributed by atoms with van der Waals surface area (Å²) in [5, 5.41) is 15.2. The van der Waals surface area contributed by atoms with Crippen LogP contribution in [0.15, 0.2) is 59.8 Å². The van der Waals surface area contributed by atoms with Gasteiger partial charge >= 0.3 is 0 Å². The van der Waals surface area contributed by atoms with Crippen LogP contribution in [0, 0.1) is 13.7 Å². The lowest BCUT2D eigenvalue weighted by atomic mass is 10.2. The first-order valence-corrected chi connectivity index (χ1v) is 10.6. The van der Waals surface area contributed by atoms with Crippen molar-refractivity contribution in [1.82, 2.24) is 4.98 Å². The van der Waals surface area contributed by atoms with Gasteiger partial charge in [-0.3, -0.25) is 15.5 Å². The summed E-state index contributed by atoms with van der Waals surface area (Å²) in [6.07, 6.45) is 2.70. The van der Waals surface area contributed by atoms with Crippen LogP contribution in [0.1, 0.15) is 18.1 Å². The van der Waals surface area contributed by atoms with Crippen LogP contribution in [0.4, 0.5) is 11.5 Å². The highest BCUT2D eigenvalue weighted by atomic mass is 127. The Morgan fingerprint density at radius 1 is 1.23 bits per heavy atom. The molecule has 31 heavy (non-hydrogen) atoms. The predicted octanol–water partition coefficient (Wildman–Crippen LogP) is 5.67. The van der Waals surface area contributed by atoms with E-state index >= 15 is 0 Å². The maximum absolute atomic E-state index is 10.7. The Morgan fingerprint density at radius 3 is 2.65 bits per heavy atom. The number of rotatable bonds is 9. The minimum absolute atomic E-state index is 0.0940. The largest absolute Gasteiger partial charge is 0.490 e. The molecule has 1 heterocycles. The zero-order valence-corrected chi connectivity index (χ0v) is 19.3. The summed E-state index contributed by atoms with van der Waals surface area (Å²) in [5.41, 5.74) is 4.32. The third-order valence-electron chi connectivity index (χ3n) is 3.98. The molecule has 10 heteroatoms. The zero-order valence-electron chi connectivity index (χ0n) is 16.4. The SMILES string of the molecule is CCOc1cc(/C=N/Nc2ccc([N+](=O)[O-])cn2)cc(Cl)c1OCc1ccc(I)cc1. The van der Waals surface area contributed by atoms with Gasteiger partial charge in [-0.2, -0.15) is 5.10 Å². The molecule has 8 nitrogen and oxygen atoms in total. The van der Waals surface area contributed by atoms with E-state index in [1.54, 1.807) is 18.3 Å². The van der Waals surface area contributed by atoms with Crippen molar-refractivity contribution in [1.29, 1.82) is 0 Å². The van der Waals surface area contributed by atoms with Crippen LogP contribution < -0.4 is 14.9 Å². The van der Waals surface area contributed by atoms with Crippen LogP contribution in [0.2, 0.25) is 5.02 Å². The van der Waals surface area contributed by atoms with E-state index < -0.39 is 4.92 Å². The van der Waals surface area contributed by atoms with Crippen LogP contribution in [0.5, 0.6) is 11.5 Å². The van der Waals surface area contributed by atoms with Crippen LogP contribution in [0.25, 0.3) is 0 Å². The lowest BCUT2D eigenvalue weighted by molar-refractivity contribution is -0.385. The van der Waals surface area contributed by atoms with Gasteiger partial charge in [0.15, 0.2) is 11.5 Å². The minimum Gasteiger partial charge on any atom is -0.490 e. The Hall–Kier alpha value is -2.92. The molecular formula is C21H18ClIN4O4. The zero-order chi connectivity index (χ0) is 22.2. The molecule has 1 N–H and O–H groups in total. The molecule has 0 bridgehead atoms. The summed E-state index contributed by atoms with van der Waals surface area (Å²) >= 11 is 8.69. The molecule has 3 aromatic rings. The van der Waals surface area contributed by atoms with Gasteiger partial charge in [0, 0.05) is 9.64 Å². The molecule has 0 atom stereocenters. The second kappa shape index (κ2) is 10.9. The highest BCUT2D eigenvalue weighted by Gasteiger charge is 2.13. The van der Waals surface area contributed by atoms with Crippen molar-refractivity contribution in [3.05, 3.63) is 84.6 Å². The van der Waals surface area contributed by atoms with Gasteiger partial charge in [0.05, 0.1) is 22.8 Å². The molecule has 0 aliphatic carbocycles. The third kappa shape index (κ3) is 6.53. The van der Waals surface area contributed by atoms with Crippen molar-refractivity contribution < 1.29 is 14.4 Å². The lowest BCUT2D eigenvalue weighted by Crippen LogP contribution is -2.02. The topological polar surface area (TPSA) is 98.9 Å². The van der Waals surface area contributed by atoms with E-state index in [0.717, 1.165) is 15.3 Å². The quantitative estimate of drug-likeness (QED) is 0.159. The summed E-state index contributed by atoms with van der Waals surface area (Å²) in [5.74, 6) is 1.34. The van der Waals surface area contributed by atoms with Crippen molar-refractivity contribution in [2.75, 3.05) is 12.0 Å². The maximum Gasteiger partial charge on any atom is 0.287 e. The molecule has 1 aromatic heterocycles. The Balaban J connectivity index is 1.71. The van der Waals surface area contributed by atoms with E-state index in [0.29, 0.717) is 41.1 Å². The van der Waals surface area contributed by atoms with Crippen LogP contribution >= 0.6 is 34.2 Å². The number of pyridine rings is 1. The monoisotopic (exact) mass is 552 g/mol. The standard InChI is InChI=1S/C21H18ClIN4O4/c1-2-30-19-10-15(11-25-26-20-8-7-17(12-24-20)27(28)29)9-18(22)21(19)31-13-14-3-5-16(23)6-4-14/h3-12H,2,13H2,1H3,(H,24,26)/b25-11+. The number of hydrazone groups is 1. The molecule has 160 valence electrons. The molecule has 0 saturated heterocycles. The molecule has 2 aromatic carbocycles. The van der Waals surface area contributed by atoms with Crippen LogP contribution in [-0.4, -0.2) is 22.7 Å². The van der Waals surface area contributed by atoms with Gasteiger partial charge in [0.25, 0.3) is 5.69 Å². The first-order chi connectivity index (χ1) is 15.0. The van der Waals surface area contributed by atoms with E-state index in [-0.39, 0.29) is 5.69 Å². The molecule has 0 spiro atoms. The Kier molecular flexibility index (Phi) is 8.01. The first kappa shape index (κ1) is 22.8. The first-order valence-electron chi connectivity index (χ1n) is 9.19. The smallest absolute Gasteiger partial charge is 0.287 e. The number of aromatic nitrogens is 1. The van der Waals surface area contributed by atoms with E-state index in [4.69, 9.17) is 21.1 Å². The average molecular weight is 553 g/mol. The number of nitrogens with one attached hydrogen (secondary N) is 1. The van der Waals surface area contributed by atoms with Gasteiger partial charge in [-0.25, -0.2) is 4.98 Å². The summed E-state index contributed by atoms with van der Waals surface area (Å²) in [4.78, 5) is 14.1. The van der Waals surface area contributed by atoms with Gasteiger partial charge in [0.2, 0.25) is 0 Å². The van der Waals surface area contributed by atoms with Gasteiger partial charge in [-0.15, -0.1) is 0 Å². The molecule has 0 amide bonds. The molecule has 0 radical (unpaired) electrons. The normalized spacial score (nSPS) is 10.8. The summed E-state index contributed by atoms with van der Waals surface area (Å²) in [6.45, 7) is 2.68. The summed E-state index contributed by atoms with van der Waals surface area (Å²) in [6, 6.07) is 14.3. The van der Waals surface area contributed by atoms with Crippen molar-refractivity contribution >= 4 is 51.9 Å². The Bertz CT molecular complexity index is 1080. The third-order valence-corrected chi connectivity index (χ3v) is 4.98. The fourth-order valence-electron chi connectivity index (χ4n) is 2.53. The average Bonchev–Trinajstić information content (AvgIpc) is 2.75.